The Hall–Kier alpha value is -1.96. The number of halogens is 2. The Balaban J connectivity index is 1.93. The first-order valence-electron chi connectivity index (χ1n) is 9.04. The van der Waals surface area contributed by atoms with Gasteiger partial charge in [-0.1, -0.05) is 27.5 Å². The van der Waals surface area contributed by atoms with Crippen LogP contribution in [0.3, 0.4) is 0 Å². The summed E-state index contributed by atoms with van der Waals surface area (Å²) >= 11 is 10.8. The Kier molecular flexibility index (Phi) is 7.27. The van der Waals surface area contributed by atoms with Gasteiger partial charge in [0.25, 0.3) is 5.91 Å². The van der Waals surface area contributed by atoms with Crippen LogP contribution in [0.2, 0.25) is 5.02 Å². The number of likely N-dealkylation sites (N-methyl/N-ethyl adjacent to an activating group) is 1. The number of ether oxygens (including phenoxy) is 2. The van der Waals surface area contributed by atoms with Crippen LogP contribution >= 0.6 is 39.3 Å². The van der Waals surface area contributed by atoms with Crippen LogP contribution in [0.4, 0.5) is 5.69 Å². The number of benzene rings is 2. The van der Waals surface area contributed by atoms with Crippen LogP contribution in [-0.4, -0.2) is 36.2 Å². The maximum absolute atomic E-state index is 12.7. The van der Waals surface area contributed by atoms with Crippen molar-refractivity contribution in [1.29, 1.82) is 0 Å². The SMILES string of the molecule is CCOc1cc(Br)c(/C=C2/SC(=Nc3ccc(Cl)cc3)N(C)C2=O)cc1OCC. The second kappa shape index (κ2) is 9.69. The molecule has 29 heavy (non-hydrogen) atoms. The van der Waals surface area contributed by atoms with E-state index in [2.05, 4.69) is 20.9 Å². The van der Waals surface area contributed by atoms with E-state index < -0.39 is 0 Å². The van der Waals surface area contributed by atoms with Crippen molar-refractivity contribution < 1.29 is 14.3 Å². The van der Waals surface area contributed by atoms with Crippen LogP contribution in [0.15, 0.2) is 50.8 Å². The number of nitrogens with zero attached hydrogens (tertiary/aromatic N) is 2. The third-order valence-corrected chi connectivity index (χ3v) is 6.00. The predicted octanol–water partition coefficient (Wildman–Crippen LogP) is 6.13. The van der Waals surface area contributed by atoms with E-state index in [0.29, 0.717) is 39.8 Å². The monoisotopic (exact) mass is 494 g/mol. The fourth-order valence-electron chi connectivity index (χ4n) is 2.62. The van der Waals surface area contributed by atoms with Crippen LogP contribution in [0, 0.1) is 0 Å². The third kappa shape index (κ3) is 5.15. The lowest BCUT2D eigenvalue weighted by molar-refractivity contribution is -0.121. The average molecular weight is 496 g/mol. The summed E-state index contributed by atoms with van der Waals surface area (Å²) in [4.78, 5) is 19.4. The molecular formula is C21H20BrClN2O3S. The number of carbonyl (C=O) groups is 1. The number of amidine groups is 1. The predicted molar refractivity (Wildman–Crippen MR) is 123 cm³/mol. The Bertz CT molecular complexity index is 977. The second-order valence-corrected chi connectivity index (χ2v) is 8.33. The second-order valence-electron chi connectivity index (χ2n) is 6.03. The Labute approximate surface area is 187 Å². The van der Waals surface area contributed by atoms with Crippen molar-refractivity contribution in [2.75, 3.05) is 20.3 Å². The van der Waals surface area contributed by atoms with Crippen molar-refractivity contribution in [3.63, 3.8) is 0 Å². The summed E-state index contributed by atoms with van der Waals surface area (Å²) < 4.78 is 12.2. The first-order chi connectivity index (χ1) is 13.9. The Morgan fingerprint density at radius 3 is 2.38 bits per heavy atom. The summed E-state index contributed by atoms with van der Waals surface area (Å²) in [7, 11) is 1.71. The van der Waals surface area contributed by atoms with Gasteiger partial charge < -0.3 is 9.47 Å². The number of rotatable bonds is 6. The highest BCUT2D eigenvalue weighted by Gasteiger charge is 2.30. The molecule has 0 atom stereocenters. The highest BCUT2D eigenvalue weighted by atomic mass is 79.9. The molecule has 0 N–H and O–H groups in total. The van der Waals surface area contributed by atoms with E-state index in [9.17, 15) is 4.79 Å². The first-order valence-corrected chi connectivity index (χ1v) is 11.0. The van der Waals surface area contributed by atoms with Gasteiger partial charge in [-0.2, -0.15) is 0 Å². The molecule has 152 valence electrons. The zero-order valence-corrected chi connectivity index (χ0v) is 19.4. The Morgan fingerprint density at radius 2 is 1.76 bits per heavy atom. The molecule has 1 amide bonds. The number of amides is 1. The first kappa shape index (κ1) is 21.7. The van der Waals surface area contributed by atoms with Gasteiger partial charge in [0.1, 0.15) is 0 Å². The molecule has 0 spiro atoms. The summed E-state index contributed by atoms with van der Waals surface area (Å²) in [5.74, 6) is 1.19. The molecule has 8 heteroatoms. The van der Waals surface area contributed by atoms with E-state index >= 15 is 0 Å². The molecule has 0 unspecified atom stereocenters. The summed E-state index contributed by atoms with van der Waals surface area (Å²) in [5.41, 5.74) is 1.56. The van der Waals surface area contributed by atoms with Gasteiger partial charge >= 0.3 is 0 Å². The molecule has 1 saturated heterocycles. The quantitative estimate of drug-likeness (QED) is 0.452. The maximum Gasteiger partial charge on any atom is 0.266 e. The summed E-state index contributed by atoms with van der Waals surface area (Å²) in [5, 5.41) is 1.25. The number of hydrogen-bond donors (Lipinski definition) is 0. The van der Waals surface area contributed by atoms with Crippen molar-refractivity contribution in [3.05, 3.63) is 56.4 Å². The normalized spacial score (nSPS) is 16.7. The molecule has 3 rings (SSSR count). The molecule has 1 fully saturated rings. The van der Waals surface area contributed by atoms with Crippen LogP contribution in [0.5, 0.6) is 11.5 Å². The van der Waals surface area contributed by atoms with Crippen LogP contribution in [0.1, 0.15) is 19.4 Å². The molecule has 5 nitrogen and oxygen atoms in total. The van der Waals surface area contributed by atoms with Crippen LogP contribution in [-0.2, 0) is 4.79 Å². The molecule has 2 aromatic rings. The molecule has 2 aromatic carbocycles. The highest BCUT2D eigenvalue weighted by Crippen LogP contribution is 2.38. The van der Waals surface area contributed by atoms with Gasteiger partial charge in [0.15, 0.2) is 16.7 Å². The molecular weight excluding hydrogens is 476 g/mol. The largest absolute Gasteiger partial charge is 0.490 e. The third-order valence-electron chi connectivity index (χ3n) is 4.00. The fraction of sp³-hybridized carbons (Fsp3) is 0.238. The molecule has 0 bridgehead atoms. The maximum atomic E-state index is 12.7. The van der Waals surface area contributed by atoms with Crippen molar-refractivity contribution in [2.45, 2.75) is 13.8 Å². The Morgan fingerprint density at radius 1 is 1.14 bits per heavy atom. The standard InChI is InChI=1S/C21H20BrClN2O3S/c1-4-27-17-10-13(16(22)12-18(17)28-5-2)11-19-20(26)25(3)21(29-19)24-15-8-6-14(23)7-9-15/h6-12H,4-5H2,1-3H3/b19-11+,24-21?. The topological polar surface area (TPSA) is 51.1 Å². The lowest BCUT2D eigenvalue weighted by Crippen LogP contribution is -2.23. The van der Waals surface area contributed by atoms with Crippen molar-refractivity contribution in [1.82, 2.24) is 4.90 Å². The lowest BCUT2D eigenvalue weighted by atomic mass is 10.2. The van der Waals surface area contributed by atoms with E-state index in [1.54, 1.807) is 19.2 Å². The van der Waals surface area contributed by atoms with E-state index in [1.165, 1.54) is 16.7 Å². The zero-order valence-electron chi connectivity index (χ0n) is 16.2. The lowest BCUT2D eigenvalue weighted by Gasteiger charge is -2.13. The molecule has 1 aliphatic rings. The fourth-order valence-corrected chi connectivity index (χ4v) is 4.16. The summed E-state index contributed by atoms with van der Waals surface area (Å²) in [6.07, 6.45) is 1.83. The molecule has 0 aliphatic carbocycles. The molecule has 1 aliphatic heterocycles. The number of carbonyl (C=O) groups excluding carboxylic acids is 1. The van der Waals surface area contributed by atoms with Gasteiger partial charge in [-0.3, -0.25) is 9.69 Å². The van der Waals surface area contributed by atoms with Crippen molar-refractivity contribution in [3.8, 4) is 11.5 Å². The minimum atomic E-state index is -0.110. The van der Waals surface area contributed by atoms with Crippen LogP contribution < -0.4 is 9.47 Å². The van der Waals surface area contributed by atoms with E-state index in [1.807, 2.05) is 44.2 Å². The van der Waals surface area contributed by atoms with Gasteiger partial charge in [-0.15, -0.1) is 0 Å². The van der Waals surface area contributed by atoms with Crippen molar-refractivity contribution in [2.24, 2.45) is 4.99 Å². The van der Waals surface area contributed by atoms with Gasteiger partial charge in [0.2, 0.25) is 0 Å². The molecule has 1 heterocycles. The smallest absolute Gasteiger partial charge is 0.266 e. The minimum Gasteiger partial charge on any atom is -0.490 e. The van der Waals surface area contributed by atoms with E-state index in [4.69, 9.17) is 21.1 Å². The van der Waals surface area contributed by atoms with Gasteiger partial charge in [-0.25, -0.2) is 4.99 Å². The number of thioether (sulfide) groups is 1. The average Bonchev–Trinajstić information content (AvgIpc) is 2.95. The molecule has 0 saturated carbocycles. The van der Waals surface area contributed by atoms with Gasteiger partial charge in [0.05, 0.1) is 23.8 Å². The van der Waals surface area contributed by atoms with Gasteiger partial charge in [0, 0.05) is 16.5 Å². The zero-order chi connectivity index (χ0) is 21.0. The minimum absolute atomic E-state index is 0.110. The van der Waals surface area contributed by atoms with E-state index in [0.717, 1.165) is 15.7 Å². The number of hydrogen-bond acceptors (Lipinski definition) is 5. The summed E-state index contributed by atoms with van der Waals surface area (Å²) in [6.45, 7) is 4.90. The summed E-state index contributed by atoms with van der Waals surface area (Å²) in [6, 6.07) is 10.9. The molecule has 0 aromatic heterocycles. The van der Waals surface area contributed by atoms with Gasteiger partial charge in [-0.05, 0) is 73.6 Å². The van der Waals surface area contributed by atoms with Crippen LogP contribution in [0.25, 0.3) is 6.08 Å². The molecule has 0 radical (unpaired) electrons. The number of aliphatic imine (C=N–C) groups is 1. The highest BCUT2D eigenvalue weighted by molar-refractivity contribution is 9.10. The van der Waals surface area contributed by atoms with E-state index in [-0.39, 0.29) is 5.91 Å². The van der Waals surface area contributed by atoms with Crippen molar-refractivity contribution >= 4 is 62.1 Å².